The fraction of sp³-hybridized carbons (Fsp3) is 0.917. The second-order valence-electron chi connectivity index (χ2n) is 5.78. The van der Waals surface area contributed by atoms with Crippen molar-refractivity contribution in [3.05, 3.63) is 0 Å². The van der Waals surface area contributed by atoms with E-state index in [1.165, 1.54) is 7.11 Å². The topological polar surface area (TPSA) is 46.5 Å². The lowest BCUT2D eigenvalue weighted by Crippen LogP contribution is -2.40. The van der Waals surface area contributed by atoms with Crippen molar-refractivity contribution in [3.63, 3.8) is 0 Å². The Balaban J connectivity index is 2.38. The van der Waals surface area contributed by atoms with E-state index in [0.717, 1.165) is 12.8 Å². The number of fused-ring (bicyclic) bond motifs is 2. The molecule has 2 saturated carbocycles. The molecule has 0 radical (unpaired) electrons. The van der Waals surface area contributed by atoms with Crippen LogP contribution in [0.1, 0.15) is 33.6 Å². The van der Waals surface area contributed by atoms with Crippen LogP contribution < -0.4 is 0 Å². The molecule has 2 aliphatic rings. The molecular weight excluding hydrogens is 192 g/mol. The number of aliphatic hydroxyl groups excluding tert-OH is 1. The predicted molar refractivity (Wildman–Crippen MR) is 56.1 cm³/mol. The van der Waals surface area contributed by atoms with E-state index in [9.17, 15) is 9.90 Å². The summed E-state index contributed by atoms with van der Waals surface area (Å²) in [6, 6.07) is 0. The largest absolute Gasteiger partial charge is 0.469 e. The average Bonchev–Trinajstić information content (AvgIpc) is 2.48. The van der Waals surface area contributed by atoms with Gasteiger partial charge in [0.1, 0.15) is 0 Å². The Hall–Kier alpha value is -0.570. The highest BCUT2D eigenvalue weighted by Crippen LogP contribution is 2.67. The van der Waals surface area contributed by atoms with Crippen molar-refractivity contribution in [3.8, 4) is 0 Å². The van der Waals surface area contributed by atoms with Crippen LogP contribution in [0.4, 0.5) is 0 Å². The highest BCUT2D eigenvalue weighted by Gasteiger charge is 2.67. The summed E-state index contributed by atoms with van der Waals surface area (Å²) in [5.74, 6) is -0.294. The number of hydrogen-bond donors (Lipinski definition) is 1. The third-order valence-electron chi connectivity index (χ3n) is 5.27. The predicted octanol–water partition coefficient (Wildman–Crippen LogP) is 1.59. The van der Waals surface area contributed by atoms with Crippen molar-refractivity contribution in [2.75, 3.05) is 7.11 Å². The van der Waals surface area contributed by atoms with Crippen LogP contribution in [-0.4, -0.2) is 24.3 Å². The summed E-state index contributed by atoms with van der Waals surface area (Å²) in [5.41, 5.74) is -0.0954. The summed E-state index contributed by atoms with van der Waals surface area (Å²) in [6.07, 6.45) is 1.50. The normalized spacial score (nSPS) is 46.9. The fourth-order valence-electron chi connectivity index (χ4n) is 3.76. The monoisotopic (exact) mass is 212 g/mol. The van der Waals surface area contributed by atoms with Gasteiger partial charge in [-0.3, -0.25) is 4.79 Å². The van der Waals surface area contributed by atoms with E-state index >= 15 is 0 Å². The summed E-state index contributed by atoms with van der Waals surface area (Å²) >= 11 is 0. The van der Waals surface area contributed by atoms with E-state index in [-0.39, 0.29) is 28.6 Å². The second kappa shape index (κ2) is 2.97. The molecule has 0 aromatic carbocycles. The summed E-state index contributed by atoms with van der Waals surface area (Å²) in [5, 5.41) is 10.3. The number of ether oxygens (including phenoxy) is 1. The first-order valence-electron chi connectivity index (χ1n) is 5.62. The molecule has 15 heavy (non-hydrogen) atoms. The number of esters is 1. The van der Waals surface area contributed by atoms with E-state index in [1.54, 1.807) is 0 Å². The molecule has 2 bridgehead atoms. The van der Waals surface area contributed by atoms with E-state index in [2.05, 4.69) is 20.8 Å². The first-order chi connectivity index (χ1) is 6.86. The Morgan fingerprint density at radius 2 is 2.00 bits per heavy atom. The smallest absolute Gasteiger partial charge is 0.311 e. The summed E-state index contributed by atoms with van der Waals surface area (Å²) in [7, 11) is 1.40. The van der Waals surface area contributed by atoms with Gasteiger partial charge in [-0.15, -0.1) is 0 Å². The number of methoxy groups -OCH3 is 1. The van der Waals surface area contributed by atoms with Crippen molar-refractivity contribution in [1.29, 1.82) is 0 Å². The minimum absolute atomic E-state index is 0.0330. The Morgan fingerprint density at radius 1 is 1.40 bits per heavy atom. The number of aliphatic hydroxyl groups is 1. The Kier molecular flexibility index (Phi) is 2.16. The minimum Gasteiger partial charge on any atom is -0.469 e. The van der Waals surface area contributed by atoms with Crippen LogP contribution in [0.25, 0.3) is 0 Å². The molecule has 0 heterocycles. The van der Waals surface area contributed by atoms with Crippen LogP contribution in [0.5, 0.6) is 0 Å². The fourth-order valence-corrected chi connectivity index (χ4v) is 3.76. The molecule has 2 rings (SSSR count). The molecule has 0 saturated heterocycles. The molecule has 0 aromatic heterocycles. The van der Waals surface area contributed by atoms with Crippen molar-refractivity contribution in [1.82, 2.24) is 0 Å². The number of rotatable bonds is 1. The molecule has 4 atom stereocenters. The second-order valence-corrected chi connectivity index (χ2v) is 5.78. The highest BCUT2D eigenvalue weighted by molar-refractivity contribution is 5.74. The van der Waals surface area contributed by atoms with E-state index in [1.807, 2.05) is 0 Å². The maximum Gasteiger partial charge on any atom is 0.311 e. The molecule has 0 amide bonds. The van der Waals surface area contributed by atoms with Gasteiger partial charge in [0, 0.05) is 0 Å². The molecule has 2 aliphatic carbocycles. The van der Waals surface area contributed by atoms with Gasteiger partial charge < -0.3 is 9.84 Å². The van der Waals surface area contributed by atoms with Crippen molar-refractivity contribution < 1.29 is 14.6 Å². The maximum absolute atomic E-state index is 11.7. The maximum atomic E-state index is 11.7. The molecule has 86 valence electrons. The van der Waals surface area contributed by atoms with Crippen LogP contribution in [-0.2, 0) is 9.53 Å². The first-order valence-corrected chi connectivity index (χ1v) is 5.62. The molecule has 3 nitrogen and oxygen atoms in total. The molecule has 0 unspecified atom stereocenters. The zero-order valence-corrected chi connectivity index (χ0v) is 9.91. The standard InChI is InChI=1S/C12H20O3/c1-11(2)7-5-6-12(11,3)9(13)8(7)10(14)15-4/h7-9,13H,5-6H2,1-4H3/t7-,8-,9-,12+/m0/s1. The quantitative estimate of drug-likeness (QED) is 0.671. The van der Waals surface area contributed by atoms with Gasteiger partial charge in [-0.25, -0.2) is 0 Å². The third kappa shape index (κ3) is 1.07. The van der Waals surface area contributed by atoms with Crippen LogP contribution >= 0.6 is 0 Å². The van der Waals surface area contributed by atoms with Crippen molar-refractivity contribution in [2.45, 2.75) is 39.7 Å². The summed E-state index contributed by atoms with van der Waals surface area (Å²) in [4.78, 5) is 11.7. The zero-order valence-electron chi connectivity index (χ0n) is 9.91. The van der Waals surface area contributed by atoms with Gasteiger partial charge in [-0.05, 0) is 29.6 Å². The number of hydrogen-bond acceptors (Lipinski definition) is 3. The van der Waals surface area contributed by atoms with Crippen LogP contribution in [0.2, 0.25) is 0 Å². The molecule has 0 spiro atoms. The van der Waals surface area contributed by atoms with Gasteiger partial charge in [-0.1, -0.05) is 20.8 Å². The van der Waals surface area contributed by atoms with Crippen LogP contribution in [0.3, 0.4) is 0 Å². The lowest BCUT2D eigenvalue weighted by Gasteiger charge is -2.36. The van der Waals surface area contributed by atoms with Crippen LogP contribution in [0.15, 0.2) is 0 Å². The lowest BCUT2D eigenvalue weighted by atomic mass is 9.70. The summed E-state index contributed by atoms with van der Waals surface area (Å²) < 4.78 is 4.80. The summed E-state index contributed by atoms with van der Waals surface area (Å²) in [6.45, 7) is 6.42. The first kappa shape index (κ1) is 10.9. The molecule has 3 heteroatoms. The van der Waals surface area contributed by atoms with Gasteiger partial charge in [0.15, 0.2) is 0 Å². The molecule has 2 fully saturated rings. The molecule has 1 N–H and O–H groups in total. The highest BCUT2D eigenvalue weighted by atomic mass is 16.5. The van der Waals surface area contributed by atoms with Gasteiger partial charge in [0.25, 0.3) is 0 Å². The Labute approximate surface area is 90.8 Å². The van der Waals surface area contributed by atoms with Crippen LogP contribution in [0, 0.1) is 22.7 Å². The van der Waals surface area contributed by atoms with E-state index in [0.29, 0.717) is 0 Å². The van der Waals surface area contributed by atoms with Crippen molar-refractivity contribution >= 4 is 5.97 Å². The van der Waals surface area contributed by atoms with E-state index in [4.69, 9.17) is 4.74 Å². The Morgan fingerprint density at radius 3 is 2.40 bits per heavy atom. The zero-order chi connectivity index (χ0) is 11.4. The molecule has 0 aromatic rings. The van der Waals surface area contributed by atoms with Gasteiger partial charge >= 0.3 is 5.97 Å². The van der Waals surface area contributed by atoms with E-state index < -0.39 is 6.10 Å². The SMILES string of the molecule is COC(=O)[C@H]1[C@@H]2CC[C@](C)([C@H]1O)C2(C)C. The Bertz CT molecular complexity index is 297. The molecular formula is C12H20O3. The number of carbonyl (C=O) groups excluding carboxylic acids is 1. The third-order valence-corrected chi connectivity index (χ3v) is 5.27. The van der Waals surface area contributed by atoms with Gasteiger partial charge in [-0.2, -0.15) is 0 Å². The molecule has 0 aliphatic heterocycles. The minimum atomic E-state index is -0.543. The number of carbonyl (C=O) groups is 1. The lowest BCUT2D eigenvalue weighted by molar-refractivity contribution is -0.153. The average molecular weight is 212 g/mol. The van der Waals surface area contributed by atoms with Crippen molar-refractivity contribution in [2.24, 2.45) is 22.7 Å². The van der Waals surface area contributed by atoms with Gasteiger partial charge in [0.2, 0.25) is 0 Å². The van der Waals surface area contributed by atoms with Gasteiger partial charge in [0.05, 0.1) is 19.1 Å².